The van der Waals surface area contributed by atoms with Gasteiger partial charge in [0.1, 0.15) is 24.4 Å². The number of carbonyl (C=O) groups is 1. The molecule has 0 aromatic carbocycles. The van der Waals surface area contributed by atoms with Gasteiger partial charge in [0.15, 0.2) is 6.29 Å². The van der Waals surface area contributed by atoms with Gasteiger partial charge in [0.2, 0.25) is 5.91 Å². The molecular weight excluding hydrogens is 731 g/mol. The van der Waals surface area contributed by atoms with E-state index in [1.807, 2.05) is 6.08 Å². The van der Waals surface area contributed by atoms with E-state index in [-0.39, 0.29) is 12.5 Å². The second-order valence-electron chi connectivity index (χ2n) is 16.5. The molecule has 0 aromatic rings. The molecule has 1 fully saturated rings. The van der Waals surface area contributed by atoms with Gasteiger partial charge in [-0.25, -0.2) is 0 Å². The molecule has 1 amide bonds. The fraction of sp³-hybridized carbons (Fsp3) is 0.816. The van der Waals surface area contributed by atoms with Crippen molar-refractivity contribution in [1.82, 2.24) is 5.32 Å². The predicted molar refractivity (Wildman–Crippen MR) is 239 cm³/mol. The summed E-state index contributed by atoms with van der Waals surface area (Å²) in [5.41, 5.74) is 0. The maximum atomic E-state index is 12.9. The molecular formula is C49H89NO8. The van der Waals surface area contributed by atoms with Gasteiger partial charge < -0.3 is 40.3 Å². The summed E-state index contributed by atoms with van der Waals surface area (Å²) in [5, 5.41) is 54.1. The Balaban J connectivity index is 2.33. The summed E-state index contributed by atoms with van der Waals surface area (Å²) in [4.78, 5) is 12.9. The first-order valence-electron chi connectivity index (χ1n) is 23.9. The minimum absolute atomic E-state index is 0.203. The quantitative estimate of drug-likeness (QED) is 0.0265. The fourth-order valence-corrected chi connectivity index (χ4v) is 7.23. The van der Waals surface area contributed by atoms with Crippen molar-refractivity contribution in [2.45, 2.75) is 243 Å². The maximum Gasteiger partial charge on any atom is 0.220 e. The van der Waals surface area contributed by atoms with Crippen LogP contribution in [-0.2, 0) is 14.3 Å². The van der Waals surface area contributed by atoms with Gasteiger partial charge >= 0.3 is 0 Å². The molecule has 1 heterocycles. The molecule has 9 nitrogen and oxygen atoms in total. The van der Waals surface area contributed by atoms with Crippen LogP contribution in [0.2, 0.25) is 0 Å². The lowest BCUT2D eigenvalue weighted by molar-refractivity contribution is -0.302. The zero-order valence-electron chi connectivity index (χ0n) is 37.0. The van der Waals surface area contributed by atoms with Crippen molar-refractivity contribution < 1.29 is 39.8 Å². The Labute approximate surface area is 354 Å². The van der Waals surface area contributed by atoms with Gasteiger partial charge in [-0.15, -0.1) is 0 Å². The summed E-state index contributed by atoms with van der Waals surface area (Å²) in [7, 11) is 0. The summed E-state index contributed by atoms with van der Waals surface area (Å²) in [5.74, 6) is -0.203. The monoisotopic (exact) mass is 820 g/mol. The van der Waals surface area contributed by atoms with Crippen LogP contribution >= 0.6 is 0 Å². The third-order valence-corrected chi connectivity index (χ3v) is 11.1. The van der Waals surface area contributed by atoms with Crippen LogP contribution in [0.4, 0.5) is 0 Å². The normalized spacial score (nSPS) is 21.3. The lowest BCUT2D eigenvalue weighted by Crippen LogP contribution is -2.60. The van der Waals surface area contributed by atoms with Crippen molar-refractivity contribution in [3.8, 4) is 0 Å². The number of unbranched alkanes of at least 4 members (excludes halogenated alkanes) is 23. The van der Waals surface area contributed by atoms with Crippen molar-refractivity contribution >= 4 is 5.91 Å². The van der Waals surface area contributed by atoms with E-state index >= 15 is 0 Å². The highest BCUT2D eigenvalue weighted by molar-refractivity contribution is 5.76. The first-order chi connectivity index (χ1) is 28.3. The Morgan fingerprint density at radius 1 is 0.569 bits per heavy atom. The van der Waals surface area contributed by atoms with Crippen molar-refractivity contribution in [2.24, 2.45) is 0 Å². The van der Waals surface area contributed by atoms with Crippen LogP contribution in [0.15, 0.2) is 48.6 Å². The Hall–Kier alpha value is -1.85. The SMILES string of the molecule is CCCC/C=C\CCCCCCCC(=O)NC(COC1OC(CO)C(O)C(O)C1O)C(O)/C=C/CC/C=C/CC/C=C/CCCCCCCCCCCCCCCC. The average Bonchev–Trinajstić information content (AvgIpc) is 3.22. The molecule has 7 atom stereocenters. The highest BCUT2D eigenvalue weighted by Gasteiger charge is 2.44. The number of carbonyl (C=O) groups excluding carboxylic acids is 1. The second kappa shape index (κ2) is 39.3. The number of allylic oxidation sites excluding steroid dienone is 7. The van der Waals surface area contributed by atoms with Crippen LogP contribution in [0.3, 0.4) is 0 Å². The summed E-state index contributed by atoms with van der Waals surface area (Å²) < 4.78 is 11.2. The fourth-order valence-electron chi connectivity index (χ4n) is 7.23. The standard InChI is InChI=1S/C49H89NO8/c1-3-5-7-9-11-13-15-16-17-18-19-20-21-22-23-24-25-26-27-29-30-32-34-36-38-43(52)42(41-57-49-48(56)47(55)46(54)44(40-51)58-49)50-45(53)39-37-35-33-31-28-14-12-10-8-6-4-2/h10,12,24-25,29-30,36,38,42-44,46-49,51-52,54-56H,3-9,11,13-23,26-28,31-35,37,39-41H2,1-2H3,(H,50,53)/b12-10-,25-24+,30-29+,38-36+. The number of hydrogen-bond acceptors (Lipinski definition) is 8. The summed E-state index contributed by atoms with van der Waals surface area (Å²) >= 11 is 0. The third kappa shape index (κ3) is 29.4. The van der Waals surface area contributed by atoms with Gasteiger partial charge in [0, 0.05) is 6.42 Å². The minimum atomic E-state index is -1.58. The van der Waals surface area contributed by atoms with E-state index in [4.69, 9.17) is 9.47 Å². The van der Waals surface area contributed by atoms with Gasteiger partial charge in [0.25, 0.3) is 0 Å². The highest BCUT2D eigenvalue weighted by atomic mass is 16.7. The van der Waals surface area contributed by atoms with E-state index in [2.05, 4.69) is 55.6 Å². The van der Waals surface area contributed by atoms with Crippen molar-refractivity contribution in [2.75, 3.05) is 13.2 Å². The number of amides is 1. The number of aliphatic hydroxyl groups is 5. The smallest absolute Gasteiger partial charge is 0.220 e. The number of nitrogens with one attached hydrogen (secondary N) is 1. The van der Waals surface area contributed by atoms with E-state index in [1.165, 1.54) is 109 Å². The lowest BCUT2D eigenvalue weighted by atomic mass is 9.99. The number of aliphatic hydroxyl groups excluding tert-OH is 5. The molecule has 9 heteroatoms. The van der Waals surface area contributed by atoms with Crippen LogP contribution in [0, 0.1) is 0 Å². The molecule has 1 aliphatic heterocycles. The average molecular weight is 820 g/mol. The topological polar surface area (TPSA) is 149 Å². The van der Waals surface area contributed by atoms with Crippen molar-refractivity contribution in [1.29, 1.82) is 0 Å². The lowest BCUT2D eigenvalue weighted by Gasteiger charge is -2.40. The van der Waals surface area contributed by atoms with Crippen LogP contribution in [0.5, 0.6) is 0 Å². The van der Waals surface area contributed by atoms with Crippen LogP contribution in [-0.4, -0.2) is 87.5 Å². The Kier molecular flexibility index (Phi) is 36.7. The first kappa shape index (κ1) is 54.2. The van der Waals surface area contributed by atoms with Gasteiger partial charge in [-0.1, -0.05) is 178 Å². The Bertz CT molecular complexity index is 1050. The van der Waals surface area contributed by atoms with Gasteiger partial charge in [-0.05, 0) is 64.2 Å². The largest absolute Gasteiger partial charge is 0.394 e. The maximum absolute atomic E-state index is 12.9. The van der Waals surface area contributed by atoms with Gasteiger partial charge in [-0.3, -0.25) is 4.79 Å². The molecule has 338 valence electrons. The molecule has 0 aromatic heterocycles. The molecule has 1 rings (SSSR count). The summed E-state index contributed by atoms with van der Waals surface area (Å²) in [6, 6.07) is -0.831. The summed E-state index contributed by atoms with van der Waals surface area (Å²) in [6.07, 6.45) is 43.2. The van der Waals surface area contributed by atoms with Crippen molar-refractivity contribution in [3.63, 3.8) is 0 Å². The minimum Gasteiger partial charge on any atom is -0.394 e. The third-order valence-electron chi connectivity index (χ3n) is 11.1. The van der Waals surface area contributed by atoms with Crippen LogP contribution < -0.4 is 5.32 Å². The molecule has 7 unspecified atom stereocenters. The molecule has 0 aliphatic carbocycles. The molecule has 58 heavy (non-hydrogen) atoms. The molecule has 0 saturated carbocycles. The van der Waals surface area contributed by atoms with E-state index in [0.29, 0.717) is 6.42 Å². The Morgan fingerprint density at radius 2 is 1.00 bits per heavy atom. The summed E-state index contributed by atoms with van der Waals surface area (Å²) in [6.45, 7) is 3.70. The number of ether oxygens (including phenoxy) is 2. The predicted octanol–water partition coefficient (Wildman–Crippen LogP) is 10.2. The molecule has 1 aliphatic rings. The number of hydrogen-bond donors (Lipinski definition) is 6. The molecule has 0 bridgehead atoms. The van der Waals surface area contributed by atoms with E-state index < -0.39 is 49.5 Å². The van der Waals surface area contributed by atoms with E-state index in [9.17, 15) is 30.3 Å². The molecule has 6 N–H and O–H groups in total. The molecule has 0 spiro atoms. The molecule has 1 saturated heterocycles. The zero-order chi connectivity index (χ0) is 42.3. The Morgan fingerprint density at radius 3 is 1.50 bits per heavy atom. The zero-order valence-corrected chi connectivity index (χ0v) is 37.0. The second-order valence-corrected chi connectivity index (χ2v) is 16.5. The highest BCUT2D eigenvalue weighted by Crippen LogP contribution is 2.22. The van der Waals surface area contributed by atoms with E-state index in [1.54, 1.807) is 6.08 Å². The van der Waals surface area contributed by atoms with Crippen molar-refractivity contribution in [3.05, 3.63) is 48.6 Å². The van der Waals surface area contributed by atoms with Crippen LogP contribution in [0.1, 0.15) is 200 Å². The number of rotatable bonds is 39. The molecule has 0 radical (unpaired) electrons. The van der Waals surface area contributed by atoms with E-state index in [0.717, 1.165) is 70.6 Å². The van der Waals surface area contributed by atoms with Gasteiger partial charge in [0.05, 0.1) is 25.4 Å². The first-order valence-corrected chi connectivity index (χ1v) is 23.9. The van der Waals surface area contributed by atoms with Gasteiger partial charge in [-0.2, -0.15) is 0 Å². The van der Waals surface area contributed by atoms with Crippen LogP contribution in [0.25, 0.3) is 0 Å².